The highest BCUT2D eigenvalue weighted by atomic mass is 19.4. The van der Waals surface area contributed by atoms with Crippen LogP contribution in [0.25, 0.3) is 0 Å². The first-order valence-electron chi connectivity index (χ1n) is 6.22. The highest BCUT2D eigenvalue weighted by molar-refractivity contribution is 5.30. The normalized spacial score (nSPS) is 12.7. The fraction of sp³-hybridized carbons (Fsp3) is 0.333. The van der Waals surface area contributed by atoms with E-state index in [0.717, 1.165) is 6.07 Å². The Morgan fingerprint density at radius 2 is 2.05 bits per heavy atom. The van der Waals surface area contributed by atoms with Crippen LogP contribution in [0.5, 0.6) is 5.88 Å². The average molecular weight is 314 g/mol. The number of hydrogen-bond donors (Lipinski definition) is 2. The molecule has 0 amide bonds. The summed E-state index contributed by atoms with van der Waals surface area (Å²) in [6.07, 6.45) is -3.27. The van der Waals surface area contributed by atoms with E-state index in [9.17, 15) is 13.2 Å². The summed E-state index contributed by atoms with van der Waals surface area (Å²) in [6.45, 7) is 1.81. The average Bonchev–Trinajstić information content (AvgIpc) is 2.45. The first-order valence-corrected chi connectivity index (χ1v) is 6.22. The van der Waals surface area contributed by atoms with Crippen molar-refractivity contribution in [1.82, 2.24) is 19.9 Å². The Hall–Kier alpha value is -2.65. The number of nitrogen functional groups attached to an aromatic ring is 1. The van der Waals surface area contributed by atoms with Crippen molar-refractivity contribution in [3.63, 3.8) is 0 Å². The van der Waals surface area contributed by atoms with E-state index in [1.165, 1.54) is 18.5 Å². The van der Waals surface area contributed by atoms with Crippen molar-refractivity contribution in [2.75, 3.05) is 17.7 Å². The summed E-state index contributed by atoms with van der Waals surface area (Å²) in [5.74, 6) is 0.199. The van der Waals surface area contributed by atoms with Gasteiger partial charge in [-0.15, -0.1) is 0 Å². The van der Waals surface area contributed by atoms with Crippen LogP contribution in [0.3, 0.4) is 0 Å². The Bertz CT molecular complexity index is 636. The van der Waals surface area contributed by atoms with Crippen molar-refractivity contribution in [2.45, 2.75) is 19.1 Å². The number of rotatable bonds is 5. The molecule has 1 atom stereocenters. The van der Waals surface area contributed by atoms with Gasteiger partial charge in [0.15, 0.2) is 0 Å². The number of aromatic nitrogens is 4. The summed E-state index contributed by atoms with van der Waals surface area (Å²) in [4.78, 5) is 14.7. The van der Waals surface area contributed by atoms with Crippen molar-refractivity contribution in [3.8, 4) is 5.88 Å². The summed E-state index contributed by atoms with van der Waals surface area (Å²) in [5, 5.41) is 2.88. The third-order valence-corrected chi connectivity index (χ3v) is 2.46. The van der Waals surface area contributed by atoms with Crippen molar-refractivity contribution in [3.05, 3.63) is 30.2 Å². The van der Waals surface area contributed by atoms with Gasteiger partial charge in [0.05, 0.1) is 6.04 Å². The van der Waals surface area contributed by atoms with E-state index in [0.29, 0.717) is 0 Å². The smallest absolute Gasteiger partial charge is 0.433 e. The van der Waals surface area contributed by atoms with Gasteiger partial charge in [-0.3, -0.25) is 0 Å². The van der Waals surface area contributed by atoms with Gasteiger partial charge in [-0.05, 0) is 13.0 Å². The van der Waals surface area contributed by atoms with E-state index in [1.54, 1.807) is 6.92 Å². The standard InChI is InChI=1S/C12H13F3N6O/c1-7(19-11-18-6-17-10(16)21-11)5-22-9-4-2-3-8(20-9)12(13,14)15/h2-4,6-7H,5H2,1H3,(H3,16,17,18,19,21). The predicted molar refractivity (Wildman–Crippen MR) is 72.1 cm³/mol. The second kappa shape index (κ2) is 6.41. The van der Waals surface area contributed by atoms with Crippen LogP contribution in [0.1, 0.15) is 12.6 Å². The van der Waals surface area contributed by atoms with Crippen LogP contribution in [-0.2, 0) is 6.18 Å². The molecule has 10 heteroatoms. The molecule has 0 spiro atoms. The van der Waals surface area contributed by atoms with Crippen LogP contribution in [0.15, 0.2) is 24.5 Å². The largest absolute Gasteiger partial charge is 0.475 e. The molecule has 2 heterocycles. The Balaban J connectivity index is 1.92. The molecule has 0 radical (unpaired) electrons. The van der Waals surface area contributed by atoms with Crippen LogP contribution in [-0.4, -0.2) is 32.6 Å². The second-order valence-electron chi connectivity index (χ2n) is 4.38. The lowest BCUT2D eigenvalue weighted by molar-refractivity contribution is -0.141. The van der Waals surface area contributed by atoms with Crippen molar-refractivity contribution < 1.29 is 17.9 Å². The van der Waals surface area contributed by atoms with Crippen LogP contribution in [0.2, 0.25) is 0 Å². The van der Waals surface area contributed by atoms with Gasteiger partial charge in [-0.2, -0.15) is 18.2 Å². The molecule has 2 aromatic heterocycles. The van der Waals surface area contributed by atoms with Gasteiger partial charge in [0.1, 0.15) is 18.6 Å². The molecule has 0 aliphatic heterocycles. The number of pyridine rings is 1. The maximum atomic E-state index is 12.5. The molecule has 1 unspecified atom stereocenters. The third kappa shape index (κ3) is 4.43. The van der Waals surface area contributed by atoms with E-state index in [1.807, 2.05) is 0 Å². The lowest BCUT2D eigenvalue weighted by Crippen LogP contribution is -2.25. The number of hydrogen-bond acceptors (Lipinski definition) is 7. The second-order valence-corrected chi connectivity index (χ2v) is 4.38. The number of alkyl halides is 3. The minimum atomic E-state index is -4.51. The maximum absolute atomic E-state index is 12.5. The predicted octanol–water partition coefficient (Wildman–Crippen LogP) is 1.75. The van der Waals surface area contributed by atoms with Gasteiger partial charge >= 0.3 is 6.18 Å². The topological polar surface area (TPSA) is 98.8 Å². The van der Waals surface area contributed by atoms with Gasteiger partial charge in [0.2, 0.25) is 17.8 Å². The van der Waals surface area contributed by atoms with Crippen LogP contribution in [0, 0.1) is 0 Å². The summed E-state index contributed by atoms with van der Waals surface area (Å²) in [5.41, 5.74) is 4.40. The highest BCUT2D eigenvalue weighted by Crippen LogP contribution is 2.28. The molecule has 22 heavy (non-hydrogen) atoms. The number of ether oxygens (including phenoxy) is 1. The molecule has 7 nitrogen and oxygen atoms in total. The summed E-state index contributed by atoms with van der Waals surface area (Å²) in [7, 11) is 0. The maximum Gasteiger partial charge on any atom is 0.433 e. The molecule has 0 aliphatic rings. The molecule has 0 fully saturated rings. The van der Waals surface area contributed by atoms with Crippen LogP contribution >= 0.6 is 0 Å². The Kier molecular flexibility index (Phi) is 4.59. The van der Waals surface area contributed by atoms with Crippen molar-refractivity contribution >= 4 is 11.9 Å². The first kappa shape index (κ1) is 15.7. The van der Waals surface area contributed by atoms with E-state index < -0.39 is 11.9 Å². The molecular weight excluding hydrogens is 301 g/mol. The number of nitrogens with zero attached hydrogens (tertiary/aromatic N) is 4. The molecule has 3 N–H and O–H groups in total. The van der Waals surface area contributed by atoms with Gasteiger partial charge < -0.3 is 15.8 Å². The fourth-order valence-corrected chi connectivity index (χ4v) is 1.50. The van der Waals surface area contributed by atoms with E-state index in [-0.39, 0.29) is 30.4 Å². The van der Waals surface area contributed by atoms with Gasteiger partial charge in [0.25, 0.3) is 0 Å². The van der Waals surface area contributed by atoms with Gasteiger partial charge in [0, 0.05) is 6.07 Å². The summed E-state index contributed by atoms with van der Waals surface area (Å²) < 4.78 is 42.8. The monoisotopic (exact) mass is 314 g/mol. The molecule has 0 bridgehead atoms. The van der Waals surface area contributed by atoms with Crippen molar-refractivity contribution in [1.29, 1.82) is 0 Å². The molecule has 0 aliphatic carbocycles. The number of nitrogens with two attached hydrogens (primary N) is 1. The molecule has 2 aromatic rings. The summed E-state index contributed by atoms with van der Waals surface area (Å²) >= 11 is 0. The Morgan fingerprint density at radius 3 is 2.73 bits per heavy atom. The van der Waals surface area contributed by atoms with E-state index in [4.69, 9.17) is 10.5 Å². The molecule has 2 rings (SSSR count). The number of nitrogens with one attached hydrogen (secondary N) is 1. The molecular formula is C12H13F3N6O. The molecule has 118 valence electrons. The minimum absolute atomic E-state index is 0.0603. The quantitative estimate of drug-likeness (QED) is 0.867. The zero-order valence-electron chi connectivity index (χ0n) is 11.5. The lowest BCUT2D eigenvalue weighted by Gasteiger charge is -2.15. The first-order chi connectivity index (χ1) is 10.3. The van der Waals surface area contributed by atoms with Crippen LogP contribution in [0.4, 0.5) is 25.1 Å². The lowest BCUT2D eigenvalue weighted by atomic mass is 10.3. The molecule has 0 aromatic carbocycles. The zero-order valence-corrected chi connectivity index (χ0v) is 11.5. The zero-order chi connectivity index (χ0) is 16.2. The molecule has 0 saturated heterocycles. The number of anilines is 2. The highest BCUT2D eigenvalue weighted by Gasteiger charge is 2.32. The summed E-state index contributed by atoms with van der Waals surface area (Å²) in [6, 6.07) is 3.18. The van der Waals surface area contributed by atoms with Gasteiger partial charge in [-0.1, -0.05) is 6.07 Å². The van der Waals surface area contributed by atoms with E-state index >= 15 is 0 Å². The Labute approximate surface area is 123 Å². The molecule has 0 saturated carbocycles. The SMILES string of the molecule is CC(COc1cccc(C(F)(F)F)n1)Nc1ncnc(N)n1. The fourth-order valence-electron chi connectivity index (χ4n) is 1.50. The van der Waals surface area contributed by atoms with Crippen LogP contribution < -0.4 is 15.8 Å². The Morgan fingerprint density at radius 1 is 1.27 bits per heavy atom. The van der Waals surface area contributed by atoms with Crippen molar-refractivity contribution in [2.24, 2.45) is 0 Å². The van der Waals surface area contributed by atoms with E-state index in [2.05, 4.69) is 25.3 Å². The third-order valence-electron chi connectivity index (χ3n) is 2.46. The van der Waals surface area contributed by atoms with Gasteiger partial charge in [-0.25, -0.2) is 15.0 Å². The minimum Gasteiger partial charge on any atom is -0.475 e. The number of halogens is 3.